The van der Waals surface area contributed by atoms with E-state index in [0.717, 1.165) is 12.3 Å². The molecular weight excluding hydrogens is 248 g/mol. The van der Waals surface area contributed by atoms with Crippen LogP contribution in [0.25, 0.3) is 0 Å². The molecule has 0 aliphatic carbocycles. The van der Waals surface area contributed by atoms with Crippen molar-refractivity contribution < 1.29 is 13.3 Å². The fourth-order valence-electron chi connectivity index (χ4n) is 1.10. The molecule has 0 aliphatic heterocycles. The molecule has 17 heavy (non-hydrogen) atoms. The standard InChI is InChI=1S/C8H10N4O4S/c1-2-4-11-17(15,16)6-3-5-10-8(9)7(6)12(13)14/h2-3,5,11H,1,4H2,(H2,9,10). The number of nitrogens with zero attached hydrogens (tertiary/aromatic N) is 2. The lowest BCUT2D eigenvalue weighted by Crippen LogP contribution is -2.24. The average molecular weight is 258 g/mol. The lowest BCUT2D eigenvalue weighted by atomic mass is 10.4. The van der Waals surface area contributed by atoms with Crippen LogP contribution in [0.3, 0.4) is 0 Å². The van der Waals surface area contributed by atoms with Crippen LogP contribution < -0.4 is 10.5 Å². The predicted molar refractivity (Wildman–Crippen MR) is 60.7 cm³/mol. The van der Waals surface area contributed by atoms with Gasteiger partial charge in [0.15, 0.2) is 4.90 Å². The van der Waals surface area contributed by atoms with Crippen LogP contribution >= 0.6 is 0 Å². The van der Waals surface area contributed by atoms with E-state index in [4.69, 9.17) is 5.73 Å². The Labute approximate surface area is 97.4 Å². The van der Waals surface area contributed by atoms with E-state index >= 15 is 0 Å². The van der Waals surface area contributed by atoms with Crippen LogP contribution in [0.4, 0.5) is 11.5 Å². The summed E-state index contributed by atoms with van der Waals surface area (Å²) in [7, 11) is -4.00. The highest BCUT2D eigenvalue weighted by molar-refractivity contribution is 7.89. The maximum absolute atomic E-state index is 11.7. The summed E-state index contributed by atoms with van der Waals surface area (Å²) in [6.45, 7) is 3.29. The summed E-state index contributed by atoms with van der Waals surface area (Å²) in [5.41, 5.74) is 4.55. The number of pyridine rings is 1. The van der Waals surface area contributed by atoms with E-state index in [9.17, 15) is 18.5 Å². The van der Waals surface area contributed by atoms with Crippen molar-refractivity contribution >= 4 is 21.5 Å². The minimum absolute atomic E-state index is 0.0400. The first-order chi connectivity index (χ1) is 7.90. The molecule has 92 valence electrons. The monoisotopic (exact) mass is 258 g/mol. The SMILES string of the molecule is C=CCNS(=O)(=O)c1ccnc(N)c1[N+](=O)[O-]. The van der Waals surface area contributed by atoms with Gasteiger partial charge in [0.05, 0.1) is 4.92 Å². The van der Waals surface area contributed by atoms with Gasteiger partial charge in [0, 0.05) is 12.7 Å². The maximum atomic E-state index is 11.7. The summed E-state index contributed by atoms with van der Waals surface area (Å²) in [6, 6.07) is 1.01. The Morgan fingerprint density at radius 1 is 1.65 bits per heavy atom. The summed E-state index contributed by atoms with van der Waals surface area (Å²) >= 11 is 0. The van der Waals surface area contributed by atoms with E-state index in [0.29, 0.717) is 0 Å². The molecule has 0 saturated heterocycles. The van der Waals surface area contributed by atoms with Crippen molar-refractivity contribution in [2.45, 2.75) is 4.90 Å². The Morgan fingerprint density at radius 3 is 2.82 bits per heavy atom. The van der Waals surface area contributed by atoms with Gasteiger partial charge in [0.2, 0.25) is 15.8 Å². The molecule has 1 heterocycles. The zero-order chi connectivity index (χ0) is 13.1. The van der Waals surface area contributed by atoms with Gasteiger partial charge in [-0.3, -0.25) is 10.1 Å². The summed E-state index contributed by atoms with van der Waals surface area (Å²) < 4.78 is 25.6. The normalized spacial score (nSPS) is 11.1. The lowest BCUT2D eigenvalue weighted by Gasteiger charge is -2.05. The van der Waals surface area contributed by atoms with E-state index in [1.807, 2.05) is 0 Å². The van der Waals surface area contributed by atoms with Gasteiger partial charge in [-0.1, -0.05) is 6.08 Å². The van der Waals surface area contributed by atoms with Gasteiger partial charge >= 0.3 is 5.69 Å². The molecule has 0 unspecified atom stereocenters. The van der Waals surface area contributed by atoms with Crippen LogP contribution in [0.15, 0.2) is 29.8 Å². The van der Waals surface area contributed by atoms with Crippen molar-refractivity contribution in [2.24, 2.45) is 0 Å². The van der Waals surface area contributed by atoms with Crippen molar-refractivity contribution in [3.63, 3.8) is 0 Å². The minimum atomic E-state index is -4.00. The van der Waals surface area contributed by atoms with Gasteiger partial charge in [-0.05, 0) is 6.07 Å². The molecule has 0 bridgehead atoms. The zero-order valence-corrected chi connectivity index (χ0v) is 9.48. The maximum Gasteiger partial charge on any atom is 0.331 e. The number of anilines is 1. The summed E-state index contributed by atoms with van der Waals surface area (Å²) in [4.78, 5) is 12.8. The molecule has 3 N–H and O–H groups in total. The first-order valence-electron chi connectivity index (χ1n) is 4.39. The largest absolute Gasteiger partial charge is 0.378 e. The van der Waals surface area contributed by atoms with Crippen LogP contribution in [-0.2, 0) is 10.0 Å². The average Bonchev–Trinajstić information content (AvgIpc) is 2.25. The number of nitro groups is 1. The van der Waals surface area contributed by atoms with Crippen LogP contribution in [0.2, 0.25) is 0 Å². The molecule has 0 fully saturated rings. The number of nitrogens with one attached hydrogen (secondary N) is 1. The second-order valence-corrected chi connectivity index (χ2v) is 4.68. The number of sulfonamides is 1. The van der Waals surface area contributed by atoms with E-state index in [1.165, 1.54) is 6.08 Å². The fraction of sp³-hybridized carbons (Fsp3) is 0.125. The van der Waals surface area contributed by atoms with Gasteiger partial charge in [-0.25, -0.2) is 18.1 Å². The molecule has 0 atom stereocenters. The third-order valence-electron chi connectivity index (χ3n) is 1.81. The molecule has 9 heteroatoms. The molecule has 1 aromatic rings. The van der Waals surface area contributed by atoms with E-state index < -0.39 is 31.3 Å². The van der Waals surface area contributed by atoms with Crippen LogP contribution in [0.1, 0.15) is 0 Å². The number of hydrogen-bond donors (Lipinski definition) is 2. The first kappa shape index (κ1) is 13.1. The highest BCUT2D eigenvalue weighted by atomic mass is 32.2. The van der Waals surface area contributed by atoms with Gasteiger partial charge in [0.1, 0.15) is 0 Å². The molecule has 0 spiro atoms. The van der Waals surface area contributed by atoms with Crippen molar-refractivity contribution in [1.82, 2.24) is 9.71 Å². The van der Waals surface area contributed by atoms with Crippen molar-refractivity contribution in [2.75, 3.05) is 12.3 Å². The van der Waals surface area contributed by atoms with Gasteiger partial charge in [-0.15, -0.1) is 6.58 Å². The van der Waals surface area contributed by atoms with Crippen molar-refractivity contribution in [3.8, 4) is 0 Å². The van der Waals surface area contributed by atoms with Crippen LogP contribution in [0.5, 0.6) is 0 Å². The Balaban J connectivity index is 3.36. The number of hydrogen-bond acceptors (Lipinski definition) is 6. The third-order valence-corrected chi connectivity index (χ3v) is 3.26. The van der Waals surface area contributed by atoms with Gasteiger partial charge < -0.3 is 5.73 Å². The number of aromatic nitrogens is 1. The molecule has 0 amide bonds. The number of nitrogens with two attached hydrogens (primary N) is 1. The molecule has 8 nitrogen and oxygen atoms in total. The van der Waals surface area contributed by atoms with E-state index in [-0.39, 0.29) is 6.54 Å². The number of rotatable bonds is 5. The van der Waals surface area contributed by atoms with Crippen LogP contribution in [-0.4, -0.2) is 24.9 Å². The minimum Gasteiger partial charge on any atom is -0.378 e. The smallest absolute Gasteiger partial charge is 0.331 e. The molecular formula is C8H10N4O4S. The van der Waals surface area contributed by atoms with E-state index in [1.54, 1.807) is 0 Å². The molecule has 0 radical (unpaired) electrons. The Hall–Kier alpha value is -2.00. The Bertz CT molecular complexity index is 555. The van der Waals surface area contributed by atoms with Crippen molar-refractivity contribution in [1.29, 1.82) is 0 Å². The van der Waals surface area contributed by atoms with Gasteiger partial charge in [-0.2, -0.15) is 0 Å². The topological polar surface area (TPSA) is 128 Å². The van der Waals surface area contributed by atoms with Crippen LogP contribution in [0, 0.1) is 10.1 Å². The second kappa shape index (κ2) is 4.89. The highest BCUT2D eigenvalue weighted by Crippen LogP contribution is 2.27. The molecule has 1 rings (SSSR count). The quantitative estimate of drug-likeness (QED) is 0.435. The highest BCUT2D eigenvalue weighted by Gasteiger charge is 2.28. The Morgan fingerprint density at radius 2 is 2.29 bits per heavy atom. The summed E-state index contributed by atoms with van der Waals surface area (Å²) in [5.74, 6) is -0.448. The lowest BCUT2D eigenvalue weighted by molar-refractivity contribution is -0.387. The molecule has 0 aromatic carbocycles. The molecule has 0 aliphatic rings. The van der Waals surface area contributed by atoms with Crippen molar-refractivity contribution in [3.05, 3.63) is 35.0 Å². The summed E-state index contributed by atoms with van der Waals surface area (Å²) in [6.07, 6.45) is 2.40. The summed E-state index contributed by atoms with van der Waals surface area (Å²) in [5, 5.41) is 10.7. The van der Waals surface area contributed by atoms with Gasteiger partial charge in [0.25, 0.3) is 0 Å². The fourth-order valence-corrected chi connectivity index (χ4v) is 2.26. The predicted octanol–water partition coefficient (Wildman–Crippen LogP) is 0.0363. The second-order valence-electron chi connectivity index (χ2n) is 2.94. The zero-order valence-electron chi connectivity index (χ0n) is 8.66. The number of nitrogen functional groups attached to an aromatic ring is 1. The Kier molecular flexibility index (Phi) is 3.76. The van der Waals surface area contributed by atoms with E-state index in [2.05, 4.69) is 16.3 Å². The molecule has 1 aromatic heterocycles. The first-order valence-corrected chi connectivity index (χ1v) is 5.88. The molecule has 0 saturated carbocycles. The third kappa shape index (κ3) is 2.77.